The summed E-state index contributed by atoms with van der Waals surface area (Å²) in [6.07, 6.45) is 2.94. The smallest absolute Gasteiger partial charge is 0.310 e. The summed E-state index contributed by atoms with van der Waals surface area (Å²) in [7, 11) is 1.44. The molecule has 2 rings (SSSR count). The van der Waals surface area contributed by atoms with Gasteiger partial charge in [-0.3, -0.25) is 4.79 Å². The molecule has 18 heavy (non-hydrogen) atoms. The largest absolute Gasteiger partial charge is 0.508 e. The van der Waals surface area contributed by atoms with Gasteiger partial charge in [0, 0.05) is 12.6 Å². The van der Waals surface area contributed by atoms with Gasteiger partial charge in [-0.1, -0.05) is 18.6 Å². The Kier molecular flexibility index (Phi) is 4.20. The molecule has 0 aromatic heterocycles. The van der Waals surface area contributed by atoms with Crippen LogP contribution in [0.2, 0.25) is 0 Å². The van der Waals surface area contributed by atoms with Crippen molar-refractivity contribution >= 4 is 5.97 Å². The first-order chi connectivity index (χ1) is 8.70. The van der Waals surface area contributed by atoms with Crippen molar-refractivity contribution in [3.05, 3.63) is 29.8 Å². The molecule has 98 valence electrons. The van der Waals surface area contributed by atoms with Crippen molar-refractivity contribution in [1.82, 2.24) is 5.32 Å². The number of benzene rings is 1. The fraction of sp³-hybridized carbons (Fsp3) is 0.500. The van der Waals surface area contributed by atoms with E-state index >= 15 is 0 Å². The SMILES string of the molecule is COC(=O)[C@@H]1CCC[C@@H]1NCc1cccc(O)c1. The molecule has 4 heteroatoms. The Morgan fingerprint density at radius 1 is 1.50 bits per heavy atom. The number of aromatic hydroxyl groups is 1. The van der Waals surface area contributed by atoms with Gasteiger partial charge in [0.05, 0.1) is 13.0 Å². The van der Waals surface area contributed by atoms with E-state index in [9.17, 15) is 9.90 Å². The third-order valence-corrected chi connectivity index (χ3v) is 3.50. The number of ether oxygens (including phenoxy) is 1. The van der Waals surface area contributed by atoms with Crippen LogP contribution in [0, 0.1) is 5.92 Å². The van der Waals surface area contributed by atoms with Crippen LogP contribution in [-0.2, 0) is 16.1 Å². The number of hydrogen-bond acceptors (Lipinski definition) is 4. The summed E-state index contributed by atoms with van der Waals surface area (Å²) in [5, 5.41) is 12.8. The second-order valence-electron chi connectivity index (χ2n) is 4.72. The Morgan fingerprint density at radius 3 is 3.06 bits per heavy atom. The van der Waals surface area contributed by atoms with E-state index in [1.54, 1.807) is 12.1 Å². The Hall–Kier alpha value is -1.55. The zero-order chi connectivity index (χ0) is 13.0. The average Bonchev–Trinajstić information content (AvgIpc) is 2.84. The fourth-order valence-corrected chi connectivity index (χ4v) is 2.55. The Balaban J connectivity index is 1.91. The second kappa shape index (κ2) is 5.87. The summed E-state index contributed by atoms with van der Waals surface area (Å²) in [5.74, 6) is 0.110. The molecule has 1 aliphatic rings. The van der Waals surface area contributed by atoms with Crippen LogP contribution < -0.4 is 5.32 Å². The van der Waals surface area contributed by atoms with E-state index in [0.29, 0.717) is 6.54 Å². The van der Waals surface area contributed by atoms with Gasteiger partial charge in [-0.25, -0.2) is 0 Å². The average molecular weight is 249 g/mol. The maximum Gasteiger partial charge on any atom is 0.310 e. The highest BCUT2D eigenvalue weighted by Crippen LogP contribution is 2.27. The van der Waals surface area contributed by atoms with E-state index in [1.807, 2.05) is 12.1 Å². The number of phenolic OH excluding ortho intramolecular Hbond substituents is 1. The summed E-state index contributed by atoms with van der Waals surface area (Å²) < 4.78 is 4.82. The molecule has 1 aromatic carbocycles. The van der Waals surface area contributed by atoms with Gasteiger partial charge in [-0.05, 0) is 30.5 Å². The summed E-state index contributed by atoms with van der Waals surface area (Å²) in [6, 6.07) is 7.33. The molecule has 0 bridgehead atoms. The molecule has 2 atom stereocenters. The van der Waals surface area contributed by atoms with Gasteiger partial charge < -0.3 is 15.2 Å². The molecule has 0 radical (unpaired) electrons. The van der Waals surface area contributed by atoms with E-state index in [1.165, 1.54) is 7.11 Å². The summed E-state index contributed by atoms with van der Waals surface area (Å²) in [5.41, 5.74) is 1.02. The molecule has 0 unspecified atom stereocenters. The first-order valence-corrected chi connectivity index (χ1v) is 6.30. The van der Waals surface area contributed by atoms with Crippen LogP contribution in [0.4, 0.5) is 0 Å². The monoisotopic (exact) mass is 249 g/mol. The number of phenols is 1. The predicted molar refractivity (Wildman–Crippen MR) is 68.1 cm³/mol. The van der Waals surface area contributed by atoms with Crippen molar-refractivity contribution in [2.24, 2.45) is 5.92 Å². The molecular weight excluding hydrogens is 230 g/mol. The van der Waals surface area contributed by atoms with Crippen LogP contribution in [0.5, 0.6) is 5.75 Å². The lowest BCUT2D eigenvalue weighted by molar-refractivity contribution is -0.145. The number of rotatable bonds is 4. The zero-order valence-corrected chi connectivity index (χ0v) is 10.6. The third kappa shape index (κ3) is 3.01. The molecule has 0 spiro atoms. The van der Waals surface area contributed by atoms with Crippen molar-refractivity contribution in [2.45, 2.75) is 31.8 Å². The first-order valence-electron chi connectivity index (χ1n) is 6.30. The highest BCUT2D eigenvalue weighted by atomic mass is 16.5. The number of methoxy groups -OCH3 is 1. The fourth-order valence-electron chi connectivity index (χ4n) is 2.55. The van der Waals surface area contributed by atoms with Crippen molar-refractivity contribution in [2.75, 3.05) is 7.11 Å². The van der Waals surface area contributed by atoms with Crippen LogP contribution in [0.1, 0.15) is 24.8 Å². The number of carbonyl (C=O) groups excluding carboxylic acids is 1. The van der Waals surface area contributed by atoms with Gasteiger partial charge >= 0.3 is 5.97 Å². The number of hydrogen-bond donors (Lipinski definition) is 2. The predicted octanol–water partition coefficient (Wildman–Crippen LogP) is 1.82. The third-order valence-electron chi connectivity index (χ3n) is 3.50. The molecule has 1 aromatic rings. The molecule has 0 amide bonds. The molecule has 4 nitrogen and oxygen atoms in total. The van der Waals surface area contributed by atoms with Gasteiger partial charge in [0.25, 0.3) is 0 Å². The van der Waals surface area contributed by atoms with Crippen molar-refractivity contribution in [1.29, 1.82) is 0 Å². The van der Waals surface area contributed by atoms with E-state index in [-0.39, 0.29) is 23.7 Å². The molecule has 0 heterocycles. The van der Waals surface area contributed by atoms with Gasteiger partial charge in [-0.15, -0.1) is 0 Å². The quantitative estimate of drug-likeness (QED) is 0.799. The van der Waals surface area contributed by atoms with E-state index in [0.717, 1.165) is 24.8 Å². The molecule has 0 saturated heterocycles. The van der Waals surface area contributed by atoms with E-state index < -0.39 is 0 Å². The molecule has 1 fully saturated rings. The zero-order valence-electron chi connectivity index (χ0n) is 10.6. The van der Waals surface area contributed by atoms with E-state index in [4.69, 9.17) is 4.74 Å². The highest BCUT2D eigenvalue weighted by molar-refractivity contribution is 5.73. The molecule has 0 aliphatic heterocycles. The first kappa shape index (κ1) is 12.9. The molecule has 1 aliphatic carbocycles. The molecule has 2 N–H and O–H groups in total. The lowest BCUT2D eigenvalue weighted by Gasteiger charge is -2.19. The lowest BCUT2D eigenvalue weighted by atomic mass is 10.0. The second-order valence-corrected chi connectivity index (χ2v) is 4.72. The van der Waals surface area contributed by atoms with Crippen molar-refractivity contribution in [3.8, 4) is 5.75 Å². The lowest BCUT2D eigenvalue weighted by Crippen LogP contribution is -2.36. The van der Waals surface area contributed by atoms with Gasteiger partial charge in [-0.2, -0.15) is 0 Å². The van der Waals surface area contributed by atoms with E-state index in [2.05, 4.69) is 5.32 Å². The van der Waals surface area contributed by atoms with Crippen molar-refractivity contribution in [3.63, 3.8) is 0 Å². The standard InChI is InChI=1S/C14H19NO3/c1-18-14(17)12-6-3-7-13(12)15-9-10-4-2-5-11(16)8-10/h2,4-5,8,12-13,15-16H,3,6-7,9H2,1H3/t12-,13+/m1/s1. The normalized spacial score (nSPS) is 22.9. The topological polar surface area (TPSA) is 58.6 Å². The Morgan fingerprint density at radius 2 is 2.33 bits per heavy atom. The summed E-state index contributed by atoms with van der Waals surface area (Å²) >= 11 is 0. The van der Waals surface area contributed by atoms with Crippen LogP contribution >= 0.6 is 0 Å². The van der Waals surface area contributed by atoms with Gasteiger partial charge in [0.2, 0.25) is 0 Å². The highest BCUT2D eigenvalue weighted by Gasteiger charge is 2.33. The Labute approximate surface area is 107 Å². The van der Waals surface area contributed by atoms with Gasteiger partial charge in [0.1, 0.15) is 5.75 Å². The molecule has 1 saturated carbocycles. The minimum Gasteiger partial charge on any atom is -0.508 e. The maximum absolute atomic E-state index is 11.6. The van der Waals surface area contributed by atoms with Crippen molar-refractivity contribution < 1.29 is 14.6 Å². The van der Waals surface area contributed by atoms with Gasteiger partial charge in [0.15, 0.2) is 0 Å². The number of nitrogens with one attached hydrogen (secondary N) is 1. The summed E-state index contributed by atoms with van der Waals surface area (Å²) in [4.78, 5) is 11.6. The molecular formula is C14H19NO3. The number of carbonyl (C=O) groups is 1. The van der Waals surface area contributed by atoms with Crippen LogP contribution in [0.15, 0.2) is 24.3 Å². The Bertz CT molecular complexity index is 419. The van der Waals surface area contributed by atoms with Crippen LogP contribution in [0.25, 0.3) is 0 Å². The maximum atomic E-state index is 11.6. The summed E-state index contributed by atoms with van der Waals surface area (Å²) in [6.45, 7) is 0.659. The number of esters is 1. The minimum absolute atomic E-state index is 0.0349. The van der Waals surface area contributed by atoms with Crippen LogP contribution in [-0.4, -0.2) is 24.2 Å². The minimum atomic E-state index is -0.124. The van der Waals surface area contributed by atoms with Crippen LogP contribution in [0.3, 0.4) is 0 Å².